The summed E-state index contributed by atoms with van der Waals surface area (Å²) in [5.41, 5.74) is 4.22. The van der Waals surface area contributed by atoms with E-state index in [0.717, 1.165) is 36.3 Å². The zero-order valence-corrected chi connectivity index (χ0v) is 17.3. The Labute approximate surface area is 178 Å². The molecule has 9 heteroatoms. The van der Waals surface area contributed by atoms with Gasteiger partial charge in [-0.3, -0.25) is 10.00 Å². The van der Waals surface area contributed by atoms with Gasteiger partial charge in [0.2, 0.25) is 0 Å². The van der Waals surface area contributed by atoms with Gasteiger partial charge in [-0.2, -0.15) is 5.10 Å². The largest absolute Gasteiger partial charge is 0.394 e. The van der Waals surface area contributed by atoms with Crippen LogP contribution < -0.4 is 15.5 Å². The van der Waals surface area contributed by atoms with Crippen LogP contribution in [0.15, 0.2) is 35.8 Å². The number of nitrogens with zero attached hydrogens (tertiary/aromatic N) is 4. The molecule has 3 aromatic rings. The van der Waals surface area contributed by atoms with Gasteiger partial charge in [0.15, 0.2) is 5.01 Å². The van der Waals surface area contributed by atoms with Crippen LogP contribution in [0.5, 0.6) is 0 Å². The Morgan fingerprint density at radius 1 is 1.40 bits per heavy atom. The molecule has 1 aliphatic rings. The normalized spacial score (nSPS) is 14.0. The predicted molar refractivity (Wildman–Crippen MR) is 117 cm³/mol. The summed E-state index contributed by atoms with van der Waals surface area (Å²) >= 11 is 1.27. The lowest BCUT2D eigenvalue weighted by molar-refractivity contribution is 0.225. The van der Waals surface area contributed by atoms with Gasteiger partial charge in [0.1, 0.15) is 5.82 Å². The molecule has 0 spiro atoms. The third-order valence-corrected chi connectivity index (χ3v) is 5.86. The molecule has 4 rings (SSSR count). The van der Waals surface area contributed by atoms with E-state index in [1.807, 2.05) is 42.2 Å². The number of thiazole rings is 1. The van der Waals surface area contributed by atoms with Gasteiger partial charge in [-0.25, -0.2) is 9.78 Å². The molecule has 3 heterocycles. The summed E-state index contributed by atoms with van der Waals surface area (Å²) in [7, 11) is 1.97. The maximum Gasteiger partial charge on any atom is 0.320 e. The number of aliphatic hydroxyl groups is 1. The Balaban J connectivity index is 1.44. The van der Waals surface area contributed by atoms with E-state index < -0.39 is 12.1 Å². The molecule has 2 amide bonds. The minimum absolute atomic E-state index is 0.226. The number of aromatic nitrogens is 3. The van der Waals surface area contributed by atoms with E-state index in [1.54, 1.807) is 5.38 Å². The molecule has 2 aromatic heterocycles. The molecule has 0 saturated carbocycles. The zero-order valence-electron chi connectivity index (χ0n) is 16.5. The first-order valence-electron chi connectivity index (χ1n) is 9.58. The Bertz CT molecular complexity index is 1080. The summed E-state index contributed by atoms with van der Waals surface area (Å²) in [5, 5.41) is 21.7. The highest BCUT2D eigenvalue weighted by Gasteiger charge is 2.22. The summed E-state index contributed by atoms with van der Waals surface area (Å²) in [6, 6.07) is 6.84. The van der Waals surface area contributed by atoms with Gasteiger partial charge in [0, 0.05) is 24.7 Å². The Morgan fingerprint density at radius 3 is 2.90 bits per heavy atom. The molecule has 0 bridgehead atoms. The molecule has 0 saturated heterocycles. The van der Waals surface area contributed by atoms with E-state index in [4.69, 9.17) is 6.42 Å². The van der Waals surface area contributed by atoms with E-state index >= 15 is 0 Å². The second-order valence-corrected chi connectivity index (χ2v) is 7.82. The number of benzene rings is 1. The summed E-state index contributed by atoms with van der Waals surface area (Å²) < 4.78 is 1.93. The van der Waals surface area contributed by atoms with Crippen LogP contribution in [-0.2, 0) is 13.5 Å². The summed E-state index contributed by atoms with van der Waals surface area (Å²) in [6.45, 7) is 0.700. The van der Waals surface area contributed by atoms with Crippen molar-refractivity contribution in [2.24, 2.45) is 7.05 Å². The summed E-state index contributed by atoms with van der Waals surface area (Å²) in [6.07, 6.45) is 9.28. The molecule has 3 N–H and O–H groups in total. The van der Waals surface area contributed by atoms with Crippen molar-refractivity contribution in [1.29, 1.82) is 0 Å². The van der Waals surface area contributed by atoms with Crippen molar-refractivity contribution >= 4 is 34.6 Å². The lowest BCUT2D eigenvalue weighted by Crippen LogP contribution is -2.34. The van der Waals surface area contributed by atoms with Crippen molar-refractivity contribution in [2.45, 2.75) is 18.9 Å². The molecule has 154 valence electrons. The fourth-order valence-corrected chi connectivity index (χ4v) is 4.14. The van der Waals surface area contributed by atoms with Crippen molar-refractivity contribution in [3.05, 3.63) is 52.1 Å². The number of terminal acetylenes is 1. The monoisotopic (exact) mass is 422 g/mol. The molecule has 1 unspecified atom stereocenters. The number of nitrogens with one attached hydrogen (secondary N) is 2. The molecule has 0 fully saturated rings. The third-order valence-electron chi connectivity index (χ3n) is 5.09. The van der Waals surface area contributed by atoms with Crippen molar-refractivity contribution in [3.8, 4) is 12.3 Å². The van der Waals surface area contributed by atoms with Crippen LogP contribution in [0.3, 0.4) is 0 Å². The average Bonchev–Trinajstić information content (AvgIpc) is 3.38. The molecule has 1 aromatic carbocycles. The minimum atomic E-state index is -0.542. The quantitative estimate of drug-likeness (QED) is 0.550. The number of anilines is 3. The van der Waals surface area contributed by atoms with Crippen molar-refractivity contribution in [2.75, 3.05) is 23.4 Å². The molecular weight excluding hydrogens is 400 g/mol. The Morgan fingerprint density at radius 2 is 2.20 bits per heavy atom. The number of hydrogen-bond acceptors (Lipinski definition) is 6. The Hall–Kier alpha value is -3.35. The van der Waals surface area contributed by atoms with Crippen LogP contribution in [-0.4, -0.2) is 39.1 Å². The van der Waals surface area contributed by atoms with Gasteiger partial charge in [-0.1, -0.05) is 12.1 Å². The molecule has 1 atom stereocenters. The van der Waals surface area contributed by atoms with Crippen LogP contribution in [0.25, 0.3) is 0 Å². The van der Waals surface area contributed by atoms with E-state index in [1.165, 1.54) is 17.0 Å². The predicted octanol–water partition coefficient (Wildman–Crippen LogP) is 2.80. The van der Waals surface area contributed by atoms with Gasteiger partial charge in [-0.05, 0) is 36.5 Å². The van der Waals surface area contributed by atoms with E-state index in [2.05, 4.69) is 31.5 Å². The van der Waals surface area contributed by atoms with Crippen LogP contribution in [0.1, 0.15) is 28.7 Å². The second kappa shape index (κ2) is 8.57. The van der Waals surface area contributed by atoms with Crippen LogP contribution >= 0.6 is 11.3 Å². The van der Waals surface area contributed by atoms with Crippen molar-refractivity contribution in [3.63, 3.8) is 0 Å². The number of rotatable bonds is 5. The molecule has 8 nitrogen and oxygen atoms in total. The maximum atomic E-state index is 12.3. The number of urea groups is 1. The van der Waals surface area contributed by atoms with Crippen LogP contribution in [0.4, 0.5) is 22.0 Å². The first kappa shape index (κ1) is 19.9. The SMILES string of the molecule is C#Cc1nc(NC(=O)NC(CO)c2ccc(N3CCCc4c3cnn4C)cc2)cs1. The van der Waals surface area contributed by atoms with E-state index in [9.17, 15) is 9.90 Å². The highest BCUT2D eigenvalue weighted by Crippen LogP contribution is 2.33. The Kier molecular flexibility index (Phi) is 5.70. The molecule has 0 radical (unpaired) electrons. The first-order chi connectivity index (χ1) is 14.6. The van der Waals surface area contributed by atoms with Gasteiger partial charge < -0.3 is 15.3 Å². The number of hydrogen-bond donors (Lipinski definition) is 3. The number of aliphatic hydroxyl groups excluding tert-OH is 1. The van der Waals surface area contributed by atoms with Gasteiger partial charge >= 0.3 is 6.03 Å². The van der Waals surface area contributed by atoms with E-state index in [0.29, 0.717) is 10.8 Å². The first-order valence-corrected chi connectivity index (χ1v) is 10.5. The lowest BCUT2D eigenvalue weighted by atomic mass is 10.0. The molecule has 1 aliphatic heterocycles. The number of fused-ring (bicyclic) bond motifs is 1. The number of carbonyl (C=O) groups excluding carboxylic acids is 1. The molecule has 0 aliphatic carbocycles. The summed E-state index contributed by atoms with van der Waals surface area (Å²) in [4.78, 5) is 18.6. The number of amides is 2. The third kappa shape index (κ3) is 4.01. The second-order valence-electron chi connectivity index (χ2n) is 6.96. The topological polar surface area (TPSA) is 95.3 Å². The average molecular weight is 423 g/mol. The highest BCUT2D eigenvalue weighted by molar-refractivity contribution is 7.10. The number of carbonyl (C=O) groups is 1. The van der Waals surface area contributed by atoms with Crippen molar-refractivity contribution < 1.29 is 9.90 Å². The lowest BCUT2D eigenvalue weighted by Gasteiger charge is -2.29. The van der Waals surface area contributed by atoms with Gasteiger partial charge in [0.05, 0.1) is 30.2 Å². The smallest absolute Gasteiger partial charge is 0.320 e. The van der Waals surface area contributed by atoms with Crippen LogP contribution in [0, 0.1) is 12.3 Å². The van der Waals surface area contributed by atoms with Crippen molar-refractivity contribution in [1.82, 2.24) is 20.1 Å². The van der Waals surface area contributed by atoms with E-state index in [-0.39, 0.29) is 6.61 Å². The summed E-state index contributed by atoms with van der Waals surface area (Å²) in [5.74, 6) is 2.81. The minimum Gasteiger partial charge on any atom is -0.394 e. The fourth-order valence-electron chi connectivity index (χ4n) is 3.59. The molecule has 30 heavy (non-hydrogen) atoms. The number of aryl methyl sites for hydroxylation is 1. The standard InChI is InChI=1S/C21H22N6O2S/c1-3-20-24-19(13-30-20)25-21(29)23-16(12-28)14-6-8-15(9-7-14)27-10-4-5-17-18(27)11-22-26(17)2/h1,6-9,11,13,16,28H,4-5,10,12H2,2H3,(H2,23,25,29). The molecular formula is C21H22N6O2S. The fraction of sp³-hybridized carbons (Fsp3) is 0.286. The highest BCUT2D eigenvalue weighted by atomic mass is 32.1. The van der Waals surface area contributed by atoms with Crippen LogP contribution in [0.2, 0.25) is 0 Å². The van der Waals surface area contributed by atoms with Gasteiger partial charge in [-0.15, -0.1) is 17.8 Å². The van der Waals surface area contributed by atoms with Gasteiger partial charge in [0.25, 0.3) is 0 Å². The zero-order chi connectivity index (χ0) is 21.1. The maximum absolute atomic E-state index is 12.3.